The summed E-state index contributed by atoms with van der Waals surface area (Å²) in [6, 6.07) is 5.82. The van der Waals surface area contributed by atoms with Gasteiger partial charge in [0.05, 0.1) is 0 Å². The molecule has 1 N–H and O–H groups in total. The Morgan fingerprint density at radius 2 is 2.22 bits per heavy atom. The molecule has 23 heavy (non-hydrogen) atoms. The summed E-state index contributed by atoms with van der Waals surface area (Å²) in [4.78, 5) is 25.0. The van der Waals surface area contributed by atoms with Gasteiger partial charge in [-0.3, -0.25) is 14.0 Å². The molecule has 1 fully saturated rings. The second-order valence-electron chi connectivity index (χ2n) is 5.90. The van der Waals surface area contributed by atoms with Crippen molar-refractivity contribution < 1.29 is 9.59 Å². The molecule has 0 aliphatic carbocycles. The Bertz CT molecular complexity index is 711. The van der Waals surface area contributed by atoms with Gasteiger partial charge in [-0.1, -0.05) is 6.07 Å². The fourth-order valence-electron chi connectivity index (χ4n) is 3.06. The predicted octanol–water partition coefficient (Wildman–Crippen LogP) is 0.961. The smallest absolute Gasteiger partial charge is 0.224 e. The number of nitrogens with zero attached hydrogens (tertiary/aromatic N) is 4. The van der Waals surface area contributed by atoms with Crippen LogP contribution in [0.15, 0.2) is 24.4 Å². The van der Waals surface area contributed by atoms with E-state index >= 15 is 0 Å². The molecule has 0 spiro atoms. The molecular weight excluding hydrogens is 294 g/mol. The number of aromatic nitrogens is 3. The van der Waals surface area contributed by atoms with E-state index in [2.05, 4.69) is 15.5 Å². The van der Waals surface area contributed by atoms with Gasteiger partial charge in [0.15, 0.2) is 5.65 Å². The SMILES string of the molecule is CC(=O)NCCC(=O)N1CCCC(c2nnc3ccccn23)C1. The summed E-state index contributed by atoms with van der Waals surface area (Å²) >= 11 is 0. The first-order valence-electron chi connectivity index (χ1n) is 7.97. The third-order valence-corrected chi connectivity index (χ3v) is 4.19. The number of hydrogen-bond acceptors (Lipinski definition) is 4. The average molecular weight is 315 g/mol. The lowest BCUT2D eigenvalue weighted by Gasteiger charge is -2.32. The normalized spacial score (nSPS) is 18.1. The second-order valence-corrected chi connectivity index (χ2v) is 5.90. The van der Waals surface area contributed by atoms with Crippen molar-refractivity contribution in [2.45, 2.75) is 32.1 Å². The summed E-state index contributed by atoms with van der Waals surface area (Å²) in [6.07, 6.45) is 4.26. The van der Waals surface area contributed by atoms with Crippen LogP contribution in [0.3, 0.4) is 0 Å². The van der Waals surface area contributed by atoms with Crippen LogP contribution in [0.4, 0.5) is 0 Å². The van der Waals surface area contributed by atoms with E-state index in [1.54, 1.807) is 0 Å². The second kappa shape index (κ2) is 6.76. The molecule has 3 heterocycles. The van der Waals surface area contributed by atoms with Crippen LogP contribution >= 0.6 is 0 Å². The van der Waals surface area contributed by atoms with Crippen LogP contribution in [0, 0.1) is 0 Å². The highest BCUT2D eigenvalue weighted by molar-refractivity contribution is 5.78. The van der Waals surface area contributed by atoms with Gasteiger partial charge in [-0.25, -0.2) is 0 Å². The monoisotopic (exact) mass is 315 g/mol. The molecule has 0 aromatic carbocycles. The molecule has 7 heteroatoms. The van der Waals surface area contributed by atoms with Gasteiger partial charge < -0.3 is 10.2 Å². The van der Waals surface area contributed by atoms with E-state index in [-0.39, 0.29) is 17.7 Å². The van der Waals surface area contributed by atoms with Crippen molar-refractivity contribution in [2.75, 3.05) is 19.6 Å². The van der Waals surface area contributed by atoms with Crippen LogP contribution in [0.2, 0.25) is 0 Å². The summed E-state index contributed by atoms with van der Waals surface area (Å²) in [6.45, 7) is 3.28. The van der Waals surface area contributed by atoms with Gasteiger partial charge in [0.25, 0.3) is 0 Å². The summed E-state index contributed by atoms with van der Waals surface area (Å²) < 4.78 is 2.00. The molecule has 7 nitrogen and oxygen atoms in total. The fraction of sp³-hybridized carbons (Fsp3) is 0.500. The van der Waals surface area contributed by atoms with Gasteiger partial charge in [0, 0.05) is 45.1 Å². The van der Waals surface area contributed by atoms with Gasteiger partial charge in [0.2, 0.25) is 11.8 Å². The third kappa shape index (κ3) is 3.49. The Morgan fingerprint density at radius 1 is 1.35 bits per heavy atom. The number of nitrogens with one attached hydrogen (secondary N) is 1. The van der Waals surface area contributed by atoms with Crippen LogP contribution in [0.1, 0.15) is 37.9 Å². The van der Waals surface area contributed by atoms with E-state index in [1.165, 1.54) is 6.92 Å². The van der Waals surface area contributed by atoms with Gasteiger partial charge in [-0.2, -0.15) is 0 Å². The van der Waals surface area contributed by atoms with E-state index in [0.717, 1.165) is 30.9 Å². The Hall–Kier alpha value is -2.44. The fourth-order valence-corrected chi connectivity index (χ4v) is 3.06. The van der Waals surface area contributed by atoms with Gasteiger partial charge >= 0.3 is 0 Å². The van der Waals surface area contributed by atoms with Crippen LogP contribution in [0.5, 0.6) is 0 Å². The Labute approximate surface area is 134 Å². The molecule has 1 saturated heterocycles. The highest BCUT2D eigenvalue weighted by Gasteiger charge is 2.27. The number of piperidine rings is 1. The zero-order valence-corrected chi connectivity index (χ0v) is 13.2. The Morgan fingerprint density at radius 3 is 3.04 bits per heavy atom. The highest BCUT2D eigenvalue weighted by atomic mass is 16.2. The minimum Gasteiger partial charge on any atom is -0.356 e. The lowest BCUT2D eigenvalue weighted by molar-refractivity contribution is -0.132. The zero-order valence-electron chi connectivity index (χ0n) is 13.2. The van der Waals surface area contributed by atoms with Crippen LogP contribution < -0.4 is 5.32 Å². The first kappa shape index (κ1) is 15.5. The molecule has 1 unspecified atom stereocenters. The summed E-state index contributed by atoms with van der Waals surface area (Å²) in [5.41, 5.74) is 0.830. The molecule has 3 rings (SSSR count). The minimum atomic E-state index is -0.107. The standard InChI is InChI=1S/C16H21N5O2/c1-12(22)17-8-7-15(23)20-9-4-5-13(11-20)16-19-18-14-6-2-3-10-21(14)16/h2-3,6,10,13H,4-5,7-9,11H2,1H3,(H,17,22). The number of pyridine rings is 1. The van der Waals surface area contributed by atoms with E-state index in [4.69, 9.17) is 0 Å². The summed E-state index contributed by atoms with van der Waals surface area (Å²) in [5.74, 6) is 1.09. The quantitative estimate of drug-likeness (QED) is 0.911. The molecule has 0 bridgehead atoms. The average Bonchev–Trinajstić information content (AvgIpc) is 2.98. The first-order chi connectivity index (χ1) is 11.1. The first-order valence-corrected chi connectivity index (χ1v) is 7.97. The third-order valence-electron chi connectivity index (χ3n) is 4.19. The molecule has 2 amide bonds. The van der Waals surface area contributed by atoms with Crippen molar-refractivity contribution in [3.05, 3.63) is 30.2 Å². The lowest BCUT2D eigenvalue weighted by atomic mass is 9.97. The number of rotatable bonds is 4. The number of hydrogen-bond donors (Lipinski definition) is 1. The van der Waals surface area contributed by atoms with Gasteiger partial charge in [-0.05, 0) is 25.0 Å². The van der Waals surface area contributed by atoms with Gasteiger partial charge in [0.1, 0.15) is 5.82 Å². The molecule has 1 aliphatic heterocycles. The molecular formula is C16H21N5O2. The Balaban J connectivity index is 1.66. The van der Waals surface area contributed by atoms with Crippen molar-refractivity contribution in [1.82, 2.24) is 24.8 Å². The molecule has 1 aliphatic rings. The minimum absolute atomic E-state index is 0.0808. The van der Waals surface area contributed by atoms with E-state index in [9.17, 15) is 9.59 Å². The maximum absolute atomic E-state index is 12.3. The van der Waals surface area contributed by atoms with Gasteiger partial charge in [-0.15, -0.1) is 10.2 Å². The maximum Gasteiger partial charge on any atom is 0.224 e. The summed E-state index contributed by atoms with van der Waals surface area (Å²) in [7, 11) is 0. The van der Waals surface area contributed by atoms with Crippen molar-refractivity contribution in [3.8, 4) is 0 Å². The lowest BCUT2D eigenvalue weighted by Crippen LogP contribution is -2.40. The Kier molecular flexibility index (Phi) is 4.55. The van der Waals surface area contributed by atoms with Crippen molar-refractivity contribution in [1.29, 1.82) is 0 Å². The van der Waals surface area contributed by atoms with Crippen LogP contribution in [-0.2, 0) is 9.59 Å². The van der Waals surface area contributed by atoms with E-state index < -0.39 is 0 Å². The topological polar surface area (TPSA) is 79.6 Å². The molecule has 2 aromatic heterocycles. The number of likely N-dealkylation sites (tertiary alicyclic amines) is 1. The molecule has 1 atom stereocenters. The summed E-state index contributed by atoms with van der Waals surface area (Å²) in [5, 5.41) is 11.2. The van der Waals surface area contributed by atoms with Crippen molar-refractivity contribution in [3.63, 3.8) is 0 Å². The molecule has 2 aromatic rings. The zero-order chi connectivity index (χ0) is 16.2. The van der Waals surface area contributed by atoms with E-state index in [1.807, 2.05) is 33.7 Å². The number of carbonyl (C=O) groups is 2. The predicted molar refractivity (Wildman–Crippen MR) is 84.8 cm³/mol. The maximum atomic E-state index is 12.3. The molecule has 0 radical (unpaired) electrons. The molecule has 0 saturated carbocycles. The molecule has 122 valence electrons. The van der Waals surface area contributed by atoms with E-state index in [0.29, 0.717) is 19.5 Å². The van der Waals surface area contributed by atoms with Crippen LogP contribution in [0.25, 0.3) is 5.65 Å². The number of fused-ring (bicyclic) bond motifs is 1. The highest BCUT2D eigenvalue weighted by Crippen LogP contribution is 2.26. The van der Waals surface area contributed by atoms with Crippen molar-refractivity contribution >= 4 is 17.5 Å². The van der Waals surface area contributed by atoms with Crippen LogP contribution in [-0.4, -0.2) is 50.9 Å². The van der Waals surface area contributed by atoms with Crippen molar-refractivity contribution in [2.24, 2.45) is 0 Å². The number of amides is 2. The largest absolute Gasteiger partial charge is 0.356 e. The number of carbonyl (C=O) groups excluding carboxylic acids is 2.